The second-order valence-corrected chi connectivity index (χ2v) is 10.4. The molecule has 2 N–H and O–H groups in total. The minimum Gasteiger partial charge on any atom is -0.354 e. The van der Waals surface area contributed by atoms with Gasteiger partial charge in [0.15, 0.2) is 0 Å². The predicted octanol–water partition coefficient (Wildman–Crippen LogP) is 6.16. The fourth-order valence-electron chi connectivity index (χ4n) is 5.76. The molecule has 5 aromatic rings. The number of amides is 1. The summed E-state index contributed by atoms with van der Waals surface area (Å²) in [5, 5.41) is 7.89. The maximum atomic E-state index is 11.4. The van der Waals surface area contributed by atoms with Crippen LogP contribution in [-0.2, 0) is 18.3 Å². The van der Waals surface area contributed by atoms with Crippen molar-refractivity contribution in [1.82, 2.24) is 24.8 Å². The van der Waals surface area contributed by atoms with Crippen molar-refractivity contribution >= 4 is 39.3 Å². The molecule has 3 heterocycles. The normalized spacial score (nSPS) is 17.5. The second kappa shape index (κ2) is 10.2. The van der Waals surface area contributed by atoms with Gasteiger partial charge in [-0.25, -0.2) is 4.98 Å². The Bertz CT molecular complexity index is 1620. The lowest BCUT2D eigenvalue weighted by Gasteiger charge is -2.29. The predicted molar refractivity (Wildman–Crippen MR) is 152 cm³/mol. The zero-order valence-electron chi connectivity index (χ0n) is 21.8. The van der Waals surface area contributed by atoms with Crippen LogP contribution in [0.25, 0.3) is 33.1 Å². The molecule has 7 nitrogen and oxygen atoms in total. The molecule has 38 heavy (non-hydrogen) atoms. The molecule has 1 amide bonds. The molecule has 6 rings (SSSR count). The Balaban J connectivity index is 1.29. The van der Waals surface area contributed by atoms with E-state index in [2.05, 4.69) is 74.8 Å². The van der Waals surface area contributed by atoms with Gasteiger partial charge in [0.1, 0.15) is 5.82 Å². The lowest BCUT2D eigenvalue weighted by Crippen LogP contribution is -2.36. The molecule has 1 aliphatic rings. The highest BCUT2D eigenvalue weighted by molar-refractivity contribution is 5.97. The van der Waals surface area contributed by atoms with Crippen LogP contribution in [0.4, 0.5) is 11.5 Å². The largest absolute Gasteiger partial charge is 0.354 e. The summed E-state index contributed by atoms with van der Waals surface area (Å²) in [6, 6.07) is 17.3. The van der Waals surface area contributed by atoms with Crippen LogP contribution in [0.3, 0.4) is 0 Å². The van der Waals surface area contributed by atoms with Gasteiger partial charge < -0.3 is 15.2 Å². The standard InChI is InChI=1S/C31H32N6O/c1-20(38)35-25-9-5-21(6-10-25)16-24-4-3-12-34-31(24)36-26-18-27(30-28(19-26)32-13-14-33-30)23-8-7-22-11-15-37(2)29(22)17-23/h3-4,7-8,11-15,17-19,21,25H,5-6,9-10,16H2,1-2H3,(H,34,36)(H,35,38). The maximum Gasteiger partial charge on any atom is 0.217 e. The number of hydrogen-bond acceptors (Lipinski definition) is 5. The Morgan fingerprint density at radius 2 is 1.82 bits per heavy atom. The molecule has 0 bridgehead atoms. The van der Waals surface area contributed by atoms with E-state index in [1.165, 1.54) is 16.5 Å². The SMILES string of the molecule is CC(=O)NC1CCC(Cc2cccnc2Nc2cc(-c3ccc4ccn(C)c4c3)c3nccnc3c2)CC1. The first kappa shape index (κ1) is 24.1. The first-order valence-corrected chi connectivity index (χ1v) is 13.3. The summed E-state index contributed by atoms with van der Waals surface area (Å²) in [5.41, 5.74) is 7.19. The molecule has 0 radical (unpaired) electrons. The van der Waals surface area contributed by atoms with Crippen LogP contribution in [0, 0.1) is 5.92 Å². The molecule has 0 spiro atoms. The third-order valence-corrected chi connectivity index (χ3v) is 7.69. The highest BCUT2D eigenvalue weighted by Crippen LogP contribution is 2.34. The molecular formula is C31H32N6O. The fraction of sp³-hybridized carbons (Fsp3) is 0.290. The van der Waals surface area contributed by atoms with Crippen LogP contribution in [0.1, 0.15) is 38.2 Å². The summed E-state index contributed by atoms with van der Waals surface area (Å²) in [4.78, 5) is 25.4. The number of carbonyl (C=O) groups excluding carboxylic acids is 1. The number of nitrogens with one attached hydrogen (secondary N) is 2. The first-order chi connectivity index (χ1) is 18.5. The van der Waals surface area contributed by atoms with Gasteiger partial charge in [-0.05, 0) is 84.9 Å². The van der Waals surface area contributed by atoms with Gasteiger partial charge >= 0.3 is 0 Å². The van der Waals surface area contributed by atoms with Crippen molar-refractivity contribution in [2.24, 2.45) is 13.0 Å². The van der Waals surface area contributed by atoms with E-state index in [1.54, 1.807) is 19.3 Å². The van der Waals surface area contributed by atoms with Crippen molar-refractivity contribution in [1.29, 1.82) is 0 Å². The van der Waals surface area contributed by atoms with Crippen molar-refractivity contribution in [2.45, 2.75) is 45.1 Å². The number of anilines is 2. The van der Waals surface area contributed by atoms with Gasteiger partial charge in [-0.1, -0.05) is 18.2 Å². The van der Waals surface area contributed by atoms with Gasteiger partial charge in [-0.3, -0.25) is 14.8 Å². The van der Waals surface area contributed by atoms with Gasteiger partial charge in [-0.2, -0.15) is 0 Å². The Hall–Kier alpha value is -4.26. The van der Waals surface area contributed by atoms with Gasteiger partial charge in [0.2, 0.25) is 5.91 Å². The minimum absolute atomic E-state index is 0.0650. The Morgan fingerprint density at radius 3 is 2.66 bits per heavy atom. The van der Waals surface area contributed by atoms with Crippen LogP contribution in [0.5, 0.6) is 0 Å². The second-order valence-electron chi connectivity index (χ2n) is 10.4. The molecule has 0 saturated heterocycles. The lowest BCUT2D eigenvalue weighted by atomic mass is 9.82. The van der Waals surface area contributed by atoms with Crippen molar-refractivity contribution in [2.75, 3.05) is 5.32 Å². The molecular weight excluding hydrogens is 472 g/mol. The number of pyridine rings is 1. The number of aryl methyl sites for hydroxylation is 1. The highest BCUT2D eigenvalue weighted by Gasteiger charge is 2.23. The summed E-state index contributed by atoms with van der Waals surface area (Å²) in [7, 11) is 2.07. The number of fused-ring (bicyclic) bond motifs is 2. The topological polar surface area (TPSA) is 84.7 Å². The van der Waals surface area contributed by atoms with E-state index in [-0.39, 0.29) is 5.91 Å². The van der Waals surface area contributed by atoms with E-state index < -0.39 is 0 Å². The van der Waals surface area contributed by atoms with Crippen LogP contribution >= 0.6 is 0 Å². The summed E-state index contributed by atoms with van der Waals surface area (Å²) in [5.74, 6) is 1.53. The monoisotopic (exact) mass is 504 g/mol. The first-order valence-electron chi connectivity index (χ1n) is 13.3. The van der Waals surface area contributed by atoms with Crippen molar-refractivity contribution < 1.29 is 4.79 Å². The van der Waals surface area contributed by atoms with Crippen LogP contribution < -0.4 is 10.6 Å². The highest BCUT2D eigenvalue weighted by atomic mass is 16.1. The Labute approximate surface area is 222 Å². The number of aromatic nitrogens is 4. The number of benzene rings is 2. The van der Waals surface area contributed by atoms with Gasteiger partial charge in [0, 0.05) is 61.6 Å². The van der Waals surface area contributed by atoms with Crippen molar-refractivity contribution in [3.63, 3.8) is 0 Å². The third kappa shape index (κ3) is 4.96. The zero-order valence-corrected chi connectivity index (χ0v) is 21.8. The van der Waals surface area contributed by atoms with E-state index >= 15 is 0 Å². The smallest absolute Gasteiger partial charge is 0.217 e. The van der Waals surface area contributed by atoms with Gasteiger partial charge in [-0.15, -0.1) is 0 Å². The number of nitrogens with zero attached hydrogens (tertiary/aromatic N) is 4. The van der Waals surface area contributed by atoms with E-state index in [0.717, 1.165) is 65.8 Å². The van der Waals surface area contributed by atoms with Gasteiger partial charge in [0.25, 0.3) is 0 Å². The molecule has 7 heteroatoms. The number of carbonyl (C=O) groups is 1. The molecule has 2 aromatic carbocycles. The molecule has 1 fully saturated rings. The van der Waals surface area contributed by atoms with E-state index in [0.29, 0.717) is 12.0 Å². The summed E-state index contributed by atoms with van der Waals surface area (Å²) >= 11 is 0. The molecule has 192 valence electrons. The van der Waals surface area contributed by atoms with Crippen molar-refractivity contribution in [3.05, 3.63) is 78.9 Å². The average Bonchev–Trinajstić information content (AvgIpc) is 3.30. The lowest BCUT2D eigenvalue weighted by molar-refractivity contribution is -0.119. The zero-order chi connectivity index (χ0) is 26.1. The molecule has 0 aliphatic heterocycles. The Morgan fingerprint density at radius 1 is 0.974 bits per heavy atom. The molecule has 0 unspecified atom stereocenters. The molecule has 3 aromatic heterocycles. The molecule has 0 atom stereocenters. The summed E-state index contributed by atoms with van der Waals surface area (Å²) < 4.78 is 2.14. The van der Waals surface area contributed by atoms with Crippen LogP contribution in [-0.4, -0.2) is 31.5 Å². The quantitative estimate of drug-likeness (QED) is 0.289. The average molecular weight is 505 g/mol. The van der Waals surface area contributed by atoms with E-state index in [1.807, 2.05) is 18.3 Å². The number of hydrogen-bond donors (Lipinski definition) is 2. The van der Waals surface area contributed by atoms with Crippen molar-refractivity contribution in [3.8, 4) is 11.1 Å². The van der Waals surface area contributed by atoms with Gasteiger partial charge in [0.05, 0.1) is 11.0 Å². The molecule has 1 saturated carbocycles. The Kier molecular flexibility index (Phi) is 6.50. The maximum absolute atomic E-state index is 11.4. The van der Waals surface area contributed by atoms with Crippen LogP contribution in [0.15, 0.2) is 73.3 Å². The molecule has 1 aliphatic carbocycles. The van der Waals surface area contributed by atoms with Crippen LogP contribution in [0.2, 0.25) is 0 Å². The summed E-state index contributed by atoms with van der Waals surface area (Å²) in [6.07, 6.45) is 12.7. The summed E-state index contributed by atoms with van der Waals surface area (Å²) in [6.45, 7) is 1.60. The minimum atomic E-state index is 0.0650. The number of rotatable bonds is 6. The third-order valence-electron chi connectivity index (χ3n) is 7.69. The van der Waals surface area contributed by atoms with E-state index in [4.69, 9.17) is 4.98 Å². The van der Waals surface area contributed by atoms with E-state index in [9.17, 15) is 4.79 Å². The fourth-order valence-corrected chi connectivity index (χ4v) is 5.76.